The van der Waals surface area contributed by atoms with Crippen LogP contribution in [-0.4, -0.2) is 22.9 Å². The molecule has 2 aliphatic heterocycles. The molecule has 3 aromatic carbocycles. The molecule has 0 amide bonds. The number of esters is 1. The lowest BCUT2D eigenvalue weighted by atomic mass is 9.81. The Labute approximate surface area is 223 Å². The van der Waals surface area contributed by atoms with Gasteiger partial charge < -0.3 is 14.2 Å². The molecule has 0 N–H and O–H groups in total. The van der Waals surface area contributed by atoms with Gasteiger partial charge >= 0.3 is 5.97 Å². The molecule has 4 aromatic rings. The Morgan fingerprint density at radius 1 is 1.08 bits per heavy atom. The normalized spacial score (nSPS) is 21.5. The van der Waals surface area contributed by atoms with E-state index in [4.69, 9.17) is 19.2 Å². The number of hydrogen-bond acceptors (Lipinski definition) is 7. The zero-order chi connectivity index (χ0) is 26.3. The van der Waals surface area contributed by atoms with Gasteiger partial charge in [-0.25, -0.2) is 4.99 Å². The molecule has 7 nitrogen and oxygen atoms in total. The molecule has 0 aliphatic carbocycles. The van der Waals surface area contributed by atoms with Gasteiger partial charge in [-0.1, -0.05) is 72.0 Å². The van der Waals surface area contributed by atoms with Crippen molar-refractivity contribution in [3.05, 3.63) is 115 Å². The van der Waals surface area contributed by atoms with Crippen LogP contribution in [0.3, 0.4) is 0 Å². The number of carbonyl (C=O) groups excluding carboxylic acids is 1. The van der Waals surface area contributed by atoms with Gasteiger partial charge in [0.15, 0.2) is 4.80 Å². The minimum Gasteiger partial charge on any atom is -0.489 e. The molecule has 2 bridgehead atoms. The molecule has 0 fully saturated rings. The lowest BCUT2D eigenvalue weighted by molar-refractivity contribution is -0.160. The first kappa shape index (κ1) is 24.2. The largest absolute Gasteiger partial charge is 0.489 e. The molecule has 6 rings (SSSR count). The Bertz CT molecular complexity index is 1680. The van der Waals surface area contributed by atoms with Crippen molar-refractivity contribution in [2.45, 2.75) is 32.2 Å². The molecule has 1 aromatic heterocycles. The molecule has 0 radical (unpaired) electrons. The highest BCUT2D eigenvalue weighted by Gasteiger charge is 2.55. The van der Waals surface area contributed by atoms with Gasteiger partial charge in [-0.15, -0.1) is 0 Å². The number of carbonyl (C=O) groups is 1. The number of fused-ring (bicyclic) bond motifs is 6. The maximum Gasteiger partial charge on any atom is 0.317 e. The summed E-state index contributed by atoms with van der Waals surface area (Å²) in [5, 5.41) is 0. The van der Waals surface area contributed by atoms with Crippen LogP contribution < -0.4 is 24.4 Å². The van der Waals surface area contributed by atoms with Gasteiger partial charge in [0, 0.05) is 5.56 Å². The third-order valence-electron chi connectivity index (χ3n) is 6.85. The maximum absolute atomic E-state index is 13.7. The van der Waals surface area contributed by atoms with Gasteiger partial charge in [0.2, 0.25) is 5.72 Å². The first-order valence-electron chi connectivity index (χ1n) is 12.5. The molecule has 0 saturated heterocycles. The first-order chi connectivity index (χ1) is 18.5. The molecule has 3 unspecified atom stereocenters. The third kappa shape index (κ3) is 4.20. The third-order valence-corrected chi connectivity index (χ3v) is 7.83. The van der Waals surface area contributed by atoms with E-state index in [2.05, 4.69) is 0 Å². The number of aromatic nitrogens is 1. The van der Waals surface area contributed by atoms with E-state index in [1.54, 1.807) is 18.4 Å². The zero-order valence-corrected chi connectivity index (χ0v) is 21.8. The Kier molecular flexibility index (Phi) is 6.12. The number of benzene rings is 3. The second-order valence-corrected chi connectivity index (χ2v) is 10.4. The summed E-state index contributed by atoms with van der Waals surface area (Å²) < 4.78 is 19.7. The molecule has 3 atom stereocenters. The minimum absolute atomic E-state index is 0.198. The standard InChI is InChI=1S/C30H26N2O5S/c1-3-35-28(34)25-26-22-11-7-8-12-23(22)37-30(25,2)31-29-32(26)27(33)24(38-29)17-19-13-15-21(16-14-19)36-18-20-9-5-4-6-10-20/h4-17,25-26H,3,18H2,1-2H3. The van der Waals surface area contributed by atoms with Crippen LogP contribution in [0.2, 0.25) is 0 Å². The van der Waals surface area contributed by atoms with Gasteiger partial charge in [-0.3, -0.25) is 14.2 Å². The van der Waals surface area contributed by atoms with Crippen LogP contribution in [0, 0.1) is 5.92 Å². The predicted octanol–water partition coefficient (Wildman–Crippen LogP) is 3.83. The smallest absolute Gasteiger partial charge is 0.317 e. The van der Waals surface area contributed by atoms with Crippen LogP contribution in [0.4, 0.5) is 0 Å². The van der Waals surface area contributed by atoms with E-state index in [-0.39, 0.29) is 12.2 Å². The van der Waals surface area contributed by atoms with E-state index in [1.165, 1.54) is 11.3 Å². The SMILES string of the molecule is CCOC(=O)C1C2c3ccccc3OC1(C)N=c1sc(=Cc3ccc(OCc4ccccc4)cc3)c(=O)n12. The lowest BCUT2D eigenvalue weighted by Crippen LogP contribution is -2.58. The molecule has 2 aliphatic rings. The van der Waals surface area contributed by atoms with E-state index in [0.717, 1.165) is 22.4 Å². The van der Waals surface area contributed by atoms with Gasteiger partial charge in [0.1, 0.15) is 24.0 Å². The quantitative estimate of drug-likeness (QED) is 0.357. The number of thiazole rings is 1. The van der Waals surface area contributed by atoms with Gasteiger partial charge in [0.25, 0.3) is 5.56 Å². The first-order valence-corrected chi connectivity index (χ1v) is 13.3. The fourth-order valence-corrected chi connectivity index (χ4v) is 6.19. The fourth-order valence-electron chi connectivity index (χ4n) is 5.09. The molecule has 192 valence electrons. The summed E-state index contributed by atoms with van der Waals surface area (Å²) in [6, 6.07) is 24.5. The average molecular weight is 527 g/mol. The Balaban J connectivity index is 1.38. The summed E-state index contributed by atoms with van der Waals surface area (Å²) in [4.78, 5) is 32.2. The van der Waals surface area contributed by atoms with Gasteiger partial charge in [0.05, 0.1) is 17.2 Å². The van der Waals surface area contributed by atoms with Crippen LogP contribution in [0.15, 0.2) is 88.6 Å². The zero-order valence-electron chi connectivity index (χ0n) is 21.0. The molecule has 0 spiro atoms. The van der Waals surface area contributed by atoms with Crippen LogP contribution >= 0.6 is 11.3 Å². The highest BCUT2D eigenvalue weighted by Crippen LogP contribution is 2.47. The summed E-state index contributed by atoms with van der Waals surface area (Å²) >= 11 is 1.29. The average Bonchev–Trinajstić information content (AvgIpc) is 3.21. The number of rotatable bonds is 6. The topological polar surface area (TPSA) is 79.1 Å². The summed E-state index contributed by atoms with van der Waals surface area (Å²) in [7, 11) is 0. The van der Waals surface area contributed by atoms with Crippen LogP contribution in [0.5, 0.6) is 11.5 Å². The molecule has 8 heteroatoms. The number of nitrogens with zero attached hydrogens (tertiary/aromatic N) is 2. The van der Waals surface area contributed by atoms with Gasteiger partial charge in [-0.2, -0.15) is 0 Å². The van der Waals surface area contributed by atoms with Crippen molar-refractivity contribution < 1.29 is 19.0 Å². The van der Waals surface area contributed by atoms with Crippen LogP contribution in [0.1, 0.15) is 36.6 Å². The van der Waals surface area contributed by atoms with Crippen molar-refractivity contribution in [3.8, 4) is 11.5 Å². The Morgan fingerprint density at radius 3 is 2.58 bits per heavy atom. The predicted molar refractivity (Wildman–Crippen MR) is 144 cm³/mol. The molecule has 38 heavy (non-hydrogen) atoms. The minimum atomic E-state index is -1.18. The van der Waals surface area contributed by atoms with Crippen molar-refractivity contribution in [1.82, 2.24) is 4.57 Å². The van der Waals surface area contributed by atoms with E-state index < -0.39 is 23.7 Å². The molecule has 0 saturated carbocycles. The summed E-state index contributed by atoms with van der Waals surface area (Å²) in [5.41, 5.74) is 1.34. The number of hydrogen-bond donors (Lipinski definition) is 0. The second-order valence-electron chi connectivity index (χ2n) is 9.39. The maximum atomic E-state index is 13.7. The second kappa shape index (κ2) is 9.61. The van der Waals surface area contributed by atoms with E-state index in [0.29, 0.717) is 21.7 Å². The van der Waals surface area contributed by atoms with Gasteiger partial charge in [-0.05, 0) is 49.2 Å². The van der Waals surface area contributed by atoms with Crippen molar-refractivity contribution in [3.63, 3.8) is 0 Å². The number of para-hydroxylation sites is 1. The summed E-state index contributed by atoms with van der Waals surface area (Å²) in [6.07, 6.45) is 1.84. The van der Waals surface area contributed by atoms with Crippen molar-refractivity contribution in [1.29, 1.82) is 0 Å². The lowest BCUT2D eigenvalue weighted by Gasteiger charge is -2.44. The molecular weight excluding hydrogens is 500 g/mol. The van der Waals surface area contributed by atoms with E-state index >= 15 is 0 Å². The Morgan fingerprint density at radius 2 is 1.82 bits per heavy atom. The van der Waals surface area contributed by atoms with Crippen LogP contribution in [-0.2, 0) is 16.1 Å². The van der Waals surface area contributed by atoms with Crippen molar-refractivity contribution in [2.75, 3.05) is 6.61 Å². The summed E-state index contributed by atoms with van der Waals surface area (Å²) in [5.74, 6) is 0.144. The summed E-state index contributed by atoms with van der Waals surface area (Å²) in [6.45, 7) is 4.26. The van der Waals surface area contributed by atoms with Crippen molar-refractivity contribution >= 4 is 23.4 Å². The van der Waals surface area contributed by atoms with E-state index in [9.17, 15) is 9.59 Å². The highest BCUT2D eigenvalue weighted by molar-refractivity contribution is 7.07. The monoisotopic (exact) mass is 526 g/mol. The number of ether oxygens (including phenoxy) is 3. The Hall–Kier alpha value is -4.17. The van der Waals surface area contributed by atoms with Crippen molar-refractivity contribution in [2.24, 2.45) is 10.9 Å². The highest BCUT2D eigenvalue weighted by atomic mass is 32.1. The fraction of sp³-hybridized carbons (Fsp3) is 0.233. The molecular formula is C30H26N2O5S. The van der Waals surface area contributed by atoms with E-state index in [1.807, 2.05) is 84.9 Å². The molecule has 3 heterocycles. The van der Waals surface area contributed by atoms with Crippen LogP contribution in [0.25, 0.3) is 6.08 Å².